The Hall–Kier alpha value is -1.81. The molecule has 0 fully saturated rings. The van der Waals surface area contributed by atoms with Crippen molar-refractivity contribution >= 4 is 5.95 Å². The normalized spacial score (nSPS) is 12.4. The van der Waals surface area contributed by atoms with E-state index >= 15 is 0 Å². The topological polar surface area (TPSA) is 39.1 Å². The minimum Gasteiger partial charge on any atom is -0.380 e. The summed E-state index contributed by atoms with van der Waals surface area (Å²) in [6.07, 6.45) is 2.18. The Labute approximate surface area is 108 Å². The van der Waals surface area contributed by atoms with Crippen LogP contribution in [0.3, 0.4) is 0 Å². The fraction of sp³-hybridized carbons (Fsp3) is 0.357. The van der Waals surface area contributed by atoms with E-state index < -0.39 is 0 Å². The Morgan fingerprint density at radius 1 is 1.33 bits per heavy atom. The number of aryl methyl sites for hydroxylation is 1. The van der Waals surface area contributed by atoms with Crippen LogP contribution in [0, 0.1) is 6.92 Å². The fourth-order valence-electron chi connectivity index (χ4n) is 1.73. The van der Waals surface area contributed by atoms with Crippen LogP contribution >= 0.6 is 0 Å². The molecule has 0 aliphatic carbocycles. The van der Waals surface area contributed by atoms with Gasteiger partial charge >= 0.3 is 0 Å². The lowest BCUT2D eigenvalue weighted by Crippen LogP contribution is -2.19. The van der Waals surface area contributed by atoms with Gasteiger partial charge in [-0.15, -0.1) is 0 Å². The Balaban J connectivity index is 2.21. The van der Waals surface area contributed by atoms with E-state index in [4.69, 9.17) is 4.74 Å². The van der Waals surface area contributed by atoms with Crippen molar-refractivity contribution in [3.63, 3.8) is 0 Å². The maximum absolute atomic E-state index is 5.22. The first-order chi connectivity index (χ1) is 8.70. The maximum Gasteiger partial charge on any atom is 0.207 e. The van der Waals surface area contributed by atoms with E-state index in [0.29, 0.717) is 0 Å². The minimum absolute atomic E-state index is 0.159. The summed E-state index contributed by atoms with van der Waals surface area (Å²) in [6.45, 7) is 4.75. The molecule has 4 nitrogen and oxygen atoms in total. The van der Waals surface area contributed by atoms with Crippen molar-refractivity contribution < 1.29 is 4.74 Å². The Morgan fingerprint density at radius 2 is 2.06 bits per heavy atom. The highest BCUT2D eigenvalue weighted by Gasteiger charge is 2.08. The Kier molecular flexibility index (Phi) is 3.99. The summed E-state index contributed by atoms with van der Waals surface area (Å²) < 4.78 is 7.28. The second kappa shape index (κ2) is 5.69. The van der Waals surface area contributed by atoms with E-state index in [1.807, 2.05) is 38.2 Å². The number of ether oxygens (including phenoxy) is 1. The maximum atomic E-state index is 5.22. The molecular formula is C14H19N3O. The molecule has 1 atom stereocenters. The average molecular weight is 245 g/mol. The third-order valence-electron chi connectivity index (χ3n) is 2.81. The third-order valence-corrected chi connectivity index (χ3v) is 2.81. The summed E-state index contributed by atoms with van der Waals surface area (Å²) in [7, 11) is 1.71. The van der Waals surface area contributed by atoms with Gasteiger partial charge in [-0.25, -0.2) is 4.98 Å². The highest BCUT2D eigenvalue weighted by atomic mass is 16.5. The summed E-state index contributed by atoms with van der Waals surface area (Å²) >= 11 is 0. The first-order valence-corrected chi connectivity index (χ1v) is 6.09. The van der Waals surface area contributed by atoms with Gasteiger partial charge in [0.05, 0.1) is 11.8 Å². The number of benzene rings is 1. The first-order valence-electron chi connectivity index (χ1n) is 6.09. The van der Waals surface area contributed by atoms with Crippen LogP contribution < -0.4 is 5.32 Å². The predicted molar refractivity (Wildman–Crippen MR) is 73.3 cm³/mol. The molecule has 2 rings (SSSR count). The summed E-state index contributed by atoms with van der Waals surface area (Å²) in [5, 5.41) is 3.31. The van der Waals surface area contributed by atoms with Crippen molar-refractivity contribution in [2.24, 2.45) is 0 Å². The molecule has 0 bridgehead atoms. The molecule has 1 aromatic heterocycles. The third kappa shape index (κ3) is 2.90. The van der Waals surface area contributed by atoms with Gasteiger partial charge in [-0.1, -0.05) is 18.2 Å². The van der Waals surface area contributed by atoms with E-state index in [0.717, 1.165) is 23.9 Å². The summed E-state index contributed by atoms with van der Waals surface area (Å²) in [4.78, 5) is 4.49. The van der Waals surface area contributed by atoms with Gasteiger partial charge in [0.2, 0.25) is 5.95 Å². The fourth-order valence-corrected chi connectivity index (χ4v) is 1.73. The van der Waals surface area contributed by atoms with Gasteiger partial charge in [-0.3, -0.25) is 4.57 Å². The van der Waals surface area contributed by atoms with Crippen LogP contribution in [0.5, 0.6) is 0 Å². The molecule has 0 spiro atoms. The van der Waals surface area contributed by atoms with Gasteiger partial charge in [0.15, 0.2) is 0 Å². The van der Waals surface area contributed by atoms with E-state index in [2.05, 4.69) is 27.0 Å². The smallest absolute Gasteiger partial charge is 0.207 e. The van der Waals surface area contributed by atoms with E-state index in [1.54, 1.807) is 7.11 Å². The molecule has 96 valence electrons. The average Bonchev–Trinajstić information content (AvgIpc) is 2.78. The van der Waals surface area contributed by atoms with Crippen molar-refractivity contribution in [2.75, 3.05) is 19.0 Å². The van der Waals surface area contributed by atoms with Crippen LogP contribution in [0.1, 0.15) is 12.6 Å². The number of nitrogens with one attached hydrogen (secondary N) is 1. The zero-order valence-corrected chi connectivity index (χ0v) is 11.1. The number of hydrogen-bond acceptors (Lipinski definition) is 3. The highest BCUT2D eigenvalue weighted by molar-refractivity contribution is 5.42. The van der Waals surface area contributed by atoms with Crippen LogP contribution in [0.2, 0.25) is 0 Å². The number of anilines is 1. The number of methoxy groups -OCH3 is 1. The highest BCUT2D eigenvalue weighted by Crippen LogP contribution is 2.16. The summed E-state index contributed by atoms with van der Waals surface area (Å²) in [5.74, 6) is 0.850. The molecule has 18 heavy (non-hydrogen) atoms. The zero-order chi connectivity index (χ0) is 13.0. The van der Waals surface area contributed by atoms with Crippen LogP contribution in [0.25, 0.3) is 5.69 Å². The molecule has 0 aliphatic rings. The Morgan fingerprint density at radius 3 is 2.72 bits per heavy atom. The van der Waals surface area contributed by atoms with E-state index in [1.165, 1.54) is 0 Å². The van der Waals surface area contributed by atoms with Gasteiger partial charge in [-0.05, 0) is 26.0 Å². The molecular weight excluding hydrogens is 226 g/mol. The first kappa shape index (κ1) is 12.6. The van der Waals surface area contributed by atoms with Crippen molar-refractivity contribution in [1.82, 2.24) is 9.55 Å². The van der Waals surface area contributed by atoms with Crippen molar-refractivity contribution in [3.8, 4) is 5.69 Å². The Bertz CT molecular complexity index is 493. The van der Waals surface area contributed by atoms with Gasteiger partial charge in [0.25, 0.3) is 0 Å². The van der Waals surface area contributed by atoms with Crippen molar-refractivity contribution in [1.29, 1.82) is 0 Å². The monoisotopic (exact) mass is 245 g/mol. The molecule has 0 aliphatic heterocycles. The van der Waals surface area contributed by atoms with Gasteiger partial charge < -0.3 is 10.1 Å². The van der Waals surface area contributed by atoms with Gasteiger partial charge in [0, 0.05) is 25.5 Å². The second-order valence-corrected chi connectivity index (χ2v) is 4.34. The molecule has 1 heterocycles. The molecule has 0 radical (unpaired) electrons. The van der Waals surface area contributed by atoms with Gasteiger partial charge in [0.1, 0.15) is 0 Å². The number of para-hydroxylation sites is 1. The van der Waals surface area contributed by atoms with Crippen LogP contribution in [0.4, 0.5) is 5.95 Å². The summed E-state index contributed by atoms with van der Waals surface area (Å²) in [6, 6.07) is 10.2. The van der Waals surface area contributed by atoms with E-state index in [-0.39, 0.29) is 6.10 Å². The molecule has 4 heteroatoms. The van der Waals surface area contributed by atoms with Crippen molar-refractivity contribution in [2.45, 2.75) is 20.0 Å². The van der Waals surface area contributed by atoms with Crippen LogP contribution in [-0.2, 0) is 4.74 Å². The lowest BCUT2D eigenvalue weighted by molar-refractivity contribution is 0.128. The number of imidazole rings is 1. The SMILES string of the molecule is COC(C)CNc1nc(C)cn1-c1ccccc1. The van der Waals surface area contributed by atoms with Crippen molar-refractivity contribution in [3.05, 3.63) is 42.2 Å². The molecule has 0 saturated heterocycles. The molecule has 2 aromatic rings. The standard InChI is InChI=1S/C14H19N3O/c1-11-10-17(13-7-5-4-6-8-13)14(16-11)15-9-12(2)18-3/h4-8,10,12H,9H2,1-3H3,(H,15,16). The lowest BCUT2D eigenvalue weighted by Gasteiger charge is -2.13. The minimum atomic E-state index is 0.159. The largest absolute Gasteiger partial charge is 0.380 e. The molecule has 1 aromatic carbocycles. The molecule has 1 unspecified atom stereocenters. The summed E-state index contributed by atoms with van der Waals surface area (Å²) in [5.41, 5.74) is 2.09. The predicted octanol–water partition coefficient (Wildman–Crippen LogP) is 2.63. The van der Waals surface area contributed by atoms with Gasteiger partial charge in [-0.2, -0.15) is 0 Å². The number of hydrogen-bond donors (Lipinski definition) is 1. The van der Waals surface area contributed by atoms with Crippen LogP contribution in [0.15, 0.2) is 36.5 Å². The second-order valence-electron chi connectivity index (χ2n) is 4.34. The lowest BCUT2D eigenvalue weighted by atomic mass is 10.3. The zero-order valence-electron chi connectivity index (χ0n) is 11.1. The quantitative estimate of drug-likeness (QED) is 0.880. The molecule has 1 N–H and O–H groups in total. The number of rotatable bonds is 5. The molecule has 0 amide bonds. The molecule has 0 saturated carbocycles. The number of aromatic nitrogens is 2. The number of nitrogens with zero attached hydrogens (tertiary/aromatic N) is 2. The van der Waals surface area contributed by atoms with E-state index in [9.17, 15) is 0 Å². The van der Waals surface area contributed by atoms with Crippen LogP contribution in [-0.4, -0.2) is 29.3 Å².